The highest BCUT2D eigenvalue weighted by molar-refractivity contribution is 7.92. The molecular formula is C4H8O3S. The first-order valence-electron chi connectivity index (χ1n) is 2.38. The Labute approximate surface area is 48.2 Å². The maximum atomic E-state index is 10.5. The Morgan fingerprint density at radius 2 is 1.88 bits per heavy atom. The van der Waals surface area contributed by atoms with Crippen molar-refractivity contribution < 1.29 is 13.5 Å². The Morgan fingerprint density at radius 3 is 1.88 bits per heavy atom. The van der Waals surface area contributed by atoms with Crippen molar-refractivity contribution in [2.75, 3.05) is 6.26 Å². The molecule has 0 aromatic carbocycles. The fraction of sp³-hybridized carbons (Fsp3) is 1.00. The van der Waals surface area contributed by atoms with E-state index < -0.39 is 14.8 Å². The quantitative estimate of drug-likeness (QED) is 0.529. The largest absolute Gasteiger partial charge is 0.374 e. The minimum atomic E-state index is -3.17. The number of aliphatic hydroxyl groups is 1. The highest BCUT2D eigenvalue weighted by Gasteiger charge is 2.50. The Hall–Kier alpha value is -0.0900. The van der Waals surface area contributed by atoms with Crippen LogP contribution < -0.4 is 0 Å². The second kappa shape index (κ2) is 1.25. The second-order valence-corrected chi connectivity index (χ2v) is 4.52. The molecule has 0 saturated heterocycles. The van der Waals surface area contributed by atoms with Crippen LogP contribution in [0, 0.1) is 0 Å². The van der Waals surface area contributed by atoms with Crippen LogP contribution >= 0.6 is 0 Å². The molecule has 0 aromatic heterocycles. The molecule has 1 N–H and O–H groups in total. The molecule has 8 heavy (non-hydrogen) atoms. The second-order valence-electron chi connectivity index (χ2n) is 2.22. The molecule has 0 spiro atoms. The van der Waals surface area contributed by atoms with Crippen molar-refractivity contribution >= 4 is 9.84 Å². The lowest BCUT2D eigenvalue weighted by atomic mass is 10.8. The smallest absolute Gasteiger partial charge is 0.176 e. The summed E-state index contributed by atoms with van der Waals surface area (Å²) in [7, 11) is -3.17. The van der Waals surface area contributed by atoms with E-state index in [-0.39, 0.29) is 0 Å². The number of sulfone groups is 1. The first-order chi connectivity index (χ1) is 3.46. The summed E-state index contributed by atoms with van der Waals surface area (Å²) >= 11 is 0. The summed E-state index contributed by atoms with van der Waals surface area (Å²) in [5.74, 6) is 0. The maximum Gasteiger partial charge on any atom is 0.176 e. The van der Waals surface area contributed by atoms with Gasteiger partial charge in [-0.1, -0.05) is 0 Å². The van der Waals surface area contributed by atoms with Gasteiger partial charge >= 0.3 is 0 Å². The molecule has 0 aromatic rings. The van der Waals surface area contributed by atoms with Gasteiger partial charge in [-0.25, -0.2) is 8.42 Å². The predicted molar refractivity (Wildman–Crippen MR) is 29.0 cm³/mol. The Bertz CT molecular complexity index is 187. The van der Waals surface area contributed by atoms with E-state index in [1.54, 1.807) is 0 Å². The monoisotopic (exact) mass is 136 g/mol. The molecule has 1 rings (SSSR count). The molecule has 1 saturated carbocycles. The van der Waals surface area contributed by atoms with Gasteiger partial charge in [-0.3, -0.25) is 0 Å². The minimum absolute atomic E-state index is 0.409. The number of hydrogen-bond acceptors (Lipinski definition) is 3. The molecule has 1 aliphatic carbocycles. The van der Waals surface area contributed by atoms with E-state index in [1.165, 1.54) is 0 Å². The van der Waals surface area contributed by atoms with Gasteiger partial charge in [0.2, 0.25) is 0 Å². The molecule has 3 nitrogen and oxygen atoms in total. The van der Waals surface area contributed by atoms with Crippen molar-refractivity contribution in [2.45, 2.75) is 17.8 Å². The normalized spacial score (nSPS) is 25.2. The fourth-order valence-corrected chi connectivity index (χ4v) is 1.32. The number of hydrogen-bond donors (Lipinski definition) is 1. The lowest BCUT2D eigenvalue weighted by molar-refractivity contribution is 0.231. The van der Waals surface area contributed by atoms with Crippen LogP contribution in [0.5, 0.6) is 0 Å². The molecule has 1 fully saturated rings. The number of rotatable bonds is 1. The van der Waals surface area contributed by atoms with Crippen LogP contribution in [0.2, 0.25) is 0 Å². The average Bonchev–Trinajstić information content (AvgIpc) is 2.16. The third kappa shape index (κ3) is 0.736. The van der Waals surface area contributed by atoms with Crippen LogP contribution in [0.3, 0.4) is 0 Å². The van der Waals surface area contributed by atoms with Gasteiger partial charge in [-0.05, 0) is 12.8 Å². The Kier molecular flexibility index (Phi) is 0.941. The molecule has 0 aliphatic heterocycles. The van der Waals surface area contributed by atoms with E-state index in [1.807, 2.05) is 0 Å². The summed E-state index contributed by atoms with van der Waals surface area (Å²) in [6.07, 6.45) is 1.87. The van der Waals surface area contributed by atoms with Crippen molar-refractivity contribution in [3.63, 3.8) is 0 Å². The molecular weight excluding hydrogens is 128 g/mol. The maximum absolute atomic E-state index is 10.5. The summed E-state index contributed by atoms with van der Waals surface area (Å²) in [5, 5.41) is 8.88. The van der Waals surface area contributed by atoms with Crippen LogP contribution in [0.4, 0.5) is 0 Å². The zero-order valence-electron chi connectivity index (χ0n) is 4.59. The molecule has 0 bridgehead atoms. The third-order valence-electron chi connectivity index (χ3n) is 1.37. The molecule has 48 valence electrons. The topological polar surface area (TPSA) is 54.4 Å². The van der Waals surface area contributed by atoms with Gasteiger partial charge in [0.05, 0.1) is 0 Å². The summed E-state index contributed by atoms with van der Waals surface area (Å²) in [6, 6.07) is 0. The lowest BCUT2D eigenvalue weighted by Crippen LogP contribution is -2.19. The van der Waals surface area contributed by atoms with E-state index in [4.69, 9.17) is 5.11 Å². The molecule has 1 aliphatic rings. The highest BCUT2D eigenvalue weighted by atomic mass is 32.2. The first kappa shape index (κ1) is 6.04. The summed E-state index contributed by atoms with van der Waals surface area (Å²) in [6.45, 7) is 0. The Morgan fingerprint density at radius 1 is 1.50 bits per heavy atom. The SMILES string of the molecule is CS(=O)(=O)C1(O)CC1. The Balaban J connectivity index is 2.90. The zero-order chi connectivity index (χ0) is 6.41. The molecule has 0 unspecified atom stereocenters. The standard InChI is InChI=1S/C4H8O3S/c1-8(6,7)4(5)2-3-4/h5H,2-3H2,1H3. The van der Waals surface area contributed by atoms with Crippen molar-refractivity contribution in [2.24, 2.45) is 0 Å². The summed E-state index contributed by atoms with van der Waals surface area (Å²) in [5.41, 5.74) is 0. The van der Waals surface area contributed by atoms with Gasteiger partial charge in [0.15, 0.2) is 14.8 Å². The van der Waals surface area contributed by atoms with E-state index >= 15 is 0 Å². The van der Waals surface area contributed by atoms with Crippen molar-refractivity contribution in [1.29, 1.82) is 0 Å². The van der Waals surface area contributed by atoms with E-state index in [0.717, 1.165) is 6.26 Å². The van der Waals surface area contributed by atoms with Crippen LogP contribution in [0.1, 0.15) is 12.8 Å². The molecule has 4 heteroatoms. The van der Waals surface area contributed by atoms with Gasteiger partial charge in [0, 0.05) is 6.26 Å². The lowest BCUT2D eigenvalue weighted by Gasteiger charge is -2.00. The first-order valence-corrected chi connectivity index (χ1v) is 4.27. The third-order valence-corrected chi connectivity index (χ3v) is 3.16. The van der Waals surface area contributed by atoms with E-state index in [9.17, 15) is 8.42 Å². The van der Waals surface area contributed by atoms with Gasteiger partial charge < -0.3 is 5.11 Å². The highest BCUT2D eigenvalue weighted by Crippen LogP contribution is 2.39. The zero-order valence-corrected chi connectivity index (χ0v) is 5.40. The van der Waals surface area contributed by atoms with Crippen LogP contribution in [-0.2, 0) is 9.84 Å². The fourth-order valence-electron chi connectivity index (χ4n) is 0.478. The van der Waals surface area contributed by atoms with Gasteiger partial charge in [-0.2, -0.15) is 0 Å². The van der Waals surface area contributed by atoms with Crippen LogP contribution in [-0.4, -0.2) is 24.7 Å². The summed E-state index contributed by atoms with van der Waals surface area (Å²) in [4.78, 5) is -1.34. The van der Waals surface area contributed by atoms with Gasteiger partial charge in [0.1, 0.15) is 0 Å². The molecule has 0 radical (unpaired) electrons. The van der Waals surface area contributed by atoms with Crippen LogP contribution in [0.15, 0.2) is 0 Å². The van der Waals surface area contributed by atoms with Gasteiger partial charge in [0.25, 0.3) is 0 Å². The van der Waals surface area contributed by atoms with Crippen molar-refractivity contribution in [1.82, 2.24) is 0 Å². The average molecular weight is 136 g/mol. The van der Waals surface area contributed by atoms with Crippen LogP contribution in [0.25, 0.3) is 0 Å². The van der Waals surface area contributed by atoms with E-state index in [0.29, 0.717) is 12.8 Å². The minimum Gasteiger partial charge on any atom is -0.374 e. The molecule has 0 amide bonds. The van der Waals surface area contributed by atoms with Crippen molar-refractivity contribution in [3.8, 4) is 0 Å². The summed E-state index contributed by atoms with van der Waals surface area (Å²) < 4.78 is 20.9. The molecule has 0 atom stereocenters. The van der Waals surface area contributed by atoms with E-state index in [2.05, 4.69) is 0 Å². The molecule has 0 heterocycles. The van der Waals surface area contributed by atoms with Gasteiger partial charge in [-0.15, -0.1) is 0 Å². The van der Waals surface area contributed by atoms with Crippen molar-refractivity contribution in [3.05, 3.63) is 0 Å². The predicted octanol–water partition coefficient (Wildman–Crippen LogP) is -0.487.